The molecule has 0 spiro atoms. The van der Waals surface area contributed by atoms with E-state index in [1.807, 2.05) is 243 Å². The van der Waals surface area contributed by atoms with E-state index in [0.717, 1.165) is 0 Å². The first kappa shape index (κ1) is 42.1. The summed E-state index contributed by atoms with van der Waals surface area (Å²) in [5.74, 6) is 0. The van der Waals surface area contributed by atoms with E-state index in [-0.39, 0.29) is 47.8 Å². The Balaban J connectivity index is 0. The average molecular weight is 782 g/mol. The summed E-state index contributed by atoms with van der Waals surface area (Å²) in [6.07, 6.45) is 7.28. The second-order valence-corrected chi connectivity index (χ2v) is 7.93. The zero-order chi connectivity index (χ0) is 29.7. The van der Waals surface area contributed by atoms with Crippen LogP contribution < -0.4 is 0 Å². The van der Waals surface area contributed by atoms with Gasteiger partial charge in [0.2, 0.25) is 0 Å². The van der Waals surface area contributed by atoms with Crippen LogP contribution in [0.15, 0.2) is 254 Å². The maximum absolute atomic E-state index is 2.86. The smallest absolute Gasteiger partial charge is 0 e. The molecule has 1 aliphatic rings. The van der Waals surface area contributed by atoms with Crippen LogP contribution >= 0.6 is 0 Å². The van der Waals surface area contributed by atoms with Gasteiger partial charge in [0.05, 0.1) is 0 Å². The summed E-state index contributed by atoms with van der Waals surface area (Å²) in [4.78, 5) is 0. The van der Waals surface area contributed by atoms with Crippen LogP contribution in [0.3, 0.4) is 0 Å². The maximum atomic E-state index is 2.86. The standard InChI is InChI=1S/6C6H6.C6H4.2Sn/c7*1-2-4-6-5-3-1;;/h6*1-6H;1-2,5-6H;;. The van der Waals surface area contributed by atoms with Crippen molar-refractivity contribution >= 4 is 47.8 Å². The molecule has 0 saturated heterocycles. The minimum absolute atomic E-state index is 0. The molecule has 0 N–H and O–H groups in total. The average Bonchev–Trinajstić information content (AvgIpc) is 3.15. The largest absolute Gasteiger partial charge is 0.120 e. The van der Waals surface area contributed by atoms with E-state index >= 15 is 0 Å². The molecular weight excluding hydrogens is 742 g/mol. The van der Waals surface area contributed by atoms with Crippen molar-refractivity contribution in [3.05, 3.63) is 254 Å². The van der Waals surface area contributed by atoms with E-state index in [4.69, 9.17) is 0 Å². The summed E-state index contributed by atoms with van der Waals surface area (Å²) < 4.78 is 0. The molecule has 0 atom stereocenters. The molecule has 7 rings (SSSR count). The first-order chi connectivity index (χ1) is 21.0. The van der Waals surface area contributed by atoms with Crippen molar-refractivity contribution < 1.29 is 0 Å². The van der Waals surface area contributed by atoms with E-state index in [9.17, 15) is 0 Å². The Bertz CT molecular complexity index is 958. The Morgan fingerprint density at radius 1 is 0.136 bits per heavy atom. The van der Waals surface area contributed by atoms with E-state index in [1.165, 1.54) is 0 Å². The molecular formula is C42H40Sn2. The van der Waals surface area contributed by atoms with E-state index < -0.39 is 0 Å². The van der Waals surface area contributed by atoms with Gasteiger partial charge in [0.1, 0.15) is 0 Å². The van der Waals surface area contributed by atoms with Crippen LogP contribution in [0.2, 0.25) is 0 Å². The number of allylic oxidation sites excluding steroid dienone is 2. The Kier molecular flexibility index (Phi) is 37.3. The van der Waals surface area contributed by atoms with Crippen molar-refractivity contribution in [3.63, 3.8) is 0 Å². The first-order valence-corrected chi connectivity index (χ1v) is 13.8. The molecule has 0 unspecified atom stereocenters. The van der Waals surface area contributed by atoms with Gasteiger partial charge >= 0.3 is 0 Å². The molecule has 0 aliphatic heterocycles. The van der Waals surface area contributed by atoms with Gasteiger partial charge in [-0.05, 0) is 24.3 Å². The third kappa shape index (κ3) is 36.0. The second-order valence-electron chi connectivity index (χ2n) is 7.93. The fourth-order valence-corrected chi connectivity index (χ4v) is 2.61. The molecule has 44 heavy (non-hydrogen) atoms. The molecule has 0 saturated carbocycles. The topological polar surface area (TPSA) is 0 Å². The van der Waals surface area contributed by atoms with Gasteiger partial charge in [0.15, 0.2) is 0 Å². The van der Waals surface area contributed by atoms with Crippen LogP contribution in [0.25, 0.3) is 0 Å². The predicted octanol–water partition coefficient (Wildman–Crippen LogP) is 10.8. The molecule has 0 amide bonds. The van der Waals surface area contributed by atoms with Gasteiger partial charge in [-0.1, -0.05) is 218 Å². The van der Waals surface area contributed by atoms with Gasteiger partial charge in [0, 0.05) is 47.8 Å². The number of hydrogen-bond acceptors (Lipinski definition) is 0. The minimum Gasteiger partial charge on any atom is -0.120 e. The fraction of sp³-hybridized carbons (Fsp3) is 0. The van der Waals surface area contributed by atoms with Crippen LogP contribution in [0.4, 0.5) is 0 Å². The monoisotopic (exact) mass is 784 g/mol. The van der Waals surface area contributed by atoms with Crippen LogP contribution in [-0.4, -0.2) is 47.8 Å². The zero-order valence-electron chi connectivity index (χ0n) is 25.1. The predicted molar refractivity (Wildman–Crippen MR) is 195 cm³/mol. The van der Waals surface area contributed by atoms with Crippen molar-refractivity contribution in [2.24, 2.45) is 0 Å². The molecule has 2 heteroatoms. The third-order valence-corrected chi connectivity index (χ3v) is 4.55. The molecule has 0 aromatic heterocycles. The van der Waals surface area contributed by atoms with Crippen LogP contribution in [0.5, 0.6) is 0 Å². The van der Waals surface area contributed by atoms with Crippen molar-refractivity contribution in [2.75, 3.05) is 0 Å². The van der Waals surface area contributed by atoms with E-state index in [1.54, 1.807) is 0 Å². The molecule has 0 bridgehead atoms. The maximum Gasteiger partial charge on any atom is 0 e. The second kappa shape index (κ2) is 39.0. The summed E-state index contributed by atoms with van der Waals surface area (Å²) >= 11 is 0. The van der Waals surface area contributed by atoms with Gasteiger partial charge in [-0.15, -0.1) is 11.5 Å². The summed E-state index contributed by atoms with van der Waals surface area (Å²) in [6, 6.07) is 72.0. The molecule has 216 valence electrons. The summed E-state index contributed by atoms with van der Waals surface area (Å²) in [6.45, 7) is 0. The molecule has 0 nitrogen and oxygen atoms in total. The number of benzene rings is 6. The molecule has 8 radical (unpaired) electrons. The van der Waals surface area contributed by atoms with Crippen LogP contribution in [0.1, 0.15) is 0 Å². The summed E-state index contributed by atoms with van der Waals surface area (Å²) in [7, 11) is 0. The van der Waals surface area contributed by atoms with Gasteiger partial charge in [-0.3, -0.25) is 0 Å². The Morgan fingerprint density at radius 3 is 0.250 bits per heavy atom. The molecule has 0 fully saturated rings. The van der Waals surface area contributed by atoms with E-state index in [2.05, 4.69) is 11.5 Å². The summed E-state index contributed by atoms with van der Waals surface area (Å²) in [5, 5.41) is 0. The molecule has 1 aliphatic carbocycles. The van der Waals surface area contributed by atoms with Gasteiger partial charge in [0.25, 0.3) is 0 Å². The fourth-order valence-electron chi connectivity index (χ4n) is 2.61. The Labute approximate surface area is 299 Å². The first-order valence-electron chi connectivity index (χ1n) is 13.8. The molecule has 6 aromatic carbocycles. The van der Waals surface area contributed by atoms with Crippen LogP contribution in [0, 0.1) is 0 Å². The molecule has 6 aromatic rings. The number of hydrogen-bond donors (Lipinski definition) is 0. The van der Waals surface area contributed by atoms with E-state index in [0.29, 0.717) is 0 Å². The van der Waals surface area contributed by atoms with Gasteiger partial charge < -0.3 is 0 Å². The molecule has 0 heterocycles. The summed E-state index contributed by atoms with van der Waals surface area (Å²) in [5.41, 5.74) is 5.72. The Morgan fingerprint density at radius 2 is 0.205 bits per heavy atom. The van der Waals surface area contributed by atoms with Gasteiger partial charge in [-0.2, -0.15) is 0 Å². The Hall–Kier alpha value is -4.04. The minimum atomic E-state index is 0. The third-order valence-electron chi connectivity index (χ3n) is 4.55. The normalized spacial score (nSPS) is 8.36. The van der Waals surface area contributed by atoms with Crippen molar-refractivity contribution in [1.82, 2.24) is 0 Å². The SMILES string of the molecule is C1=CC=C=CC=1.[Sn].[Sn].c1ccccc1.c1ccccc1.c1ccccc1.c1ccccc1.c1ccccc1.c1ccccc1. The van der Waals surface area contributed by atoms with Crippen LogP contribution in [-0.2, 0) is 0 Å². The number of rotatable bonds is 0. The quantitative estimate of drug-likeness (QED) is 0.106. The van der Waals surface area contributed by atoms with Gasteiger partial charge in [-0.25, -0.2) is 0 Å². The zero-order valence-corrected chi connectivity index (χ0v) is 30.8. The van der Waals surface area contributed by atoms with Crippen molar-refractivity contribution in [1.29, 1.82) is 0 Å². The van der Waals surface area contributed by atoms with Crippen molar-refractivity contribution in [3.8, 4) is 0 Å². The van der Waals surface area contributed by atoms with Crippen molar-refractivity contribution in [2.45, 2.75) is 0 Å².